The van der Waals surface area contributed by atoms with Crippen LogP contribution in [0.25, 0.3) is 6.08 Å². The second-order valence-corrected chi connectivity index (χ2v) is 5.74. The summed E-state index contributed by atoms with van der Waals surface area (Å²) in [6.07, 6.45) is 7.64. The Bertz CT molecular complexity index is 582. The van der Waals surface area contributed by atoms with E-state index in [1.54, 1.807) is 18.2 Å². The highest BCUT2D eigenvalue weighted by molar-refractivity contribution is 5.60. The highest BCUT2D eigenvalue weighted by atomic mass is 16.3. The smallest absolute Gasteiger partial charge is 0.115 e. The zero-order valence-corrected chi connectivity index (χ0v) is 19.7. The van der Waals surface area contributed by atoms with Crippen molar-refractivity contribution in [1.29, 1.82) is 0 Å². The number of aromatic hydroxyl groups is 2. The first-order chi connectivity index (χ1) is 13.5. The molecule has 1 aliphatic rings. The first-order valence-corrected chi connectivity index (χ1v) is 10.7. The molecule has 0 saturated heterocycles. The van der Waals surface area contributed by atoms with Crippen molar-refractivity contribution in [3.05, 3.63) is 65.2 Å². The van der Waals surface area contributed by atoms with Gasteiger partial charge in [-0.05, 0) is 54.3 Å². The van der Waals surface area contributed by atoms with Crippen molar-refractivity contribution in [3.63, 3.8) is 0 Å². The van der Waals surface area contributed by atoms with Gasteiger partial charge in [-0.2, -0.15) is 0 Å². The number of aryl methyl sites for hydroxylation is 1. The van der Waals surface area contributed by atoms with Crippen LogP contribution in [0.2, 0.25) is 0 Å². The summed E-state index contributed by atoms with van der Waals surface area (Å²) in [5, 5.41) is 17.9. The van der Waals surface area contributed by atoms with Crippen LogP contribution >= 0.6 is 0 Å². The van der Waals surface area contributed by atoms with Crippen LogP contribution in [0.15, 0.2) is 48.5 Å². The normalized spacial score (nSPS) is 9.18. The molecule has 2 aromatic carbocycles. The minimum Gasteiger partial charge on any atom is -0.508 e. The lowest BCUT2D eigenvalue weighted by Crippen LogP contribution is -1.78. The van der Waals surface area contributed by atoms with E-state index in [-0.39, 0.29) is 0 Å². The van der Waals surface area contributed by atoms with Crippen molar-refractivity contribution < 1.29 is 10.2 Å². The van der Waals surface area contributed by atoms with Gasteiger partial charge in [0.05, 0.1) is 0 Å². The van der Waals surface area contributed by atoms with Crippen molar-refractivity contribution >= 4 is 6.08 Å². The molecule has 0 unspecified atom stereocenters. The van der Waals surface area contributed by atoms with Crippen molar-refractivity contribution in [2.45, 2.75) is 81.6 Å². The number of fused-ring (bicyclic) bond motifs is 1. The minimum atomic E-state index is 0.338. The van der Waals surface area contributed by atoms with Gasteiger partial charge in [0.2, 0.25) is 0 Å². The van der Waals surface area contributed by atoms with E-state index in [9.17, 15) is 0 Å². The summed E-state index contributed by atoms with van der Waals surface area (Å²) in [5.41, 5.74) is 3.54. The molecule has 0 amide bonds. The summed E-state index contributed by atoms with van der Waals surface area (Å²) in [4.78, 5) is 0. The molecule has 2 nitrogen and oxygen atoms in total. The number of allylic oxidation sites excluding steroid dienone is 1. The van der Waals surface area contributed by atoms with Gasteiger partial charge in [0, 0.05) is 0 Å². The number of benzene rings is 2. The highest BCUT2D eigenvalue weighted by Crippen LogP contribution is 2.22. The highest BCUT2D eigenvalue weighted by Gasteiger charge is 2.03. The number of hydrogen-bond acceptors (Lipinski definition) is 2. The Morgan fingerprint density at radius 2 is 1.25 bits per heavy atom. The van der Waals surface area contributed by atoms with Gasteiger partial charge in [0.15, 0.2) is 0 Å². The maximum Gasteiger partial charge on any atom is 0.115 e. The molecule has 2 aromatic rings. The Labute approximate surface area is 175 Å². The lowest BCUT2D eigenvalue weighted by atomic mass is 10.1. The average Bonchev–Trinajstić information content (AvgIpc) is 3.14. The third-order valence-corrected chi connectivity index (χ3v) is 2.76. The largest absolute Gasteiger partial charge is 0.508 e. The molecule has 0 bridgehead atoms. The van der Waals surface area contributed by atoms with E-state index in [1.807, 2.05) is 58.9 Å². The second kappa shape index (κ2) is 22.8. The van der Waals surface area contributed by atoms with E-state index in [0.29, 0.717) is 11.5 Å². The van der Waals surface area contributed by atoms with Crippen LogP contribution in [0.5, 0.6) is 11.5 Å². The predicted molar refractivity (Wildman–Crippen MR) is 128 cm³/mol. The van der Waals surface area contributed by atoms with Gasteiger partial charge in [-0.3, -0.25) is 0 Å². The quantitative estimate of drug-likeness (QED) is 0.474. The molecule has 0 aromatic heterocycles. The molecular weight excluding hydrogens is 344 g/mol. The van der Waals surface area contributed by atoms with E-state index >= 15 is 0 Å². The van der Waals surface area contributed by atoms with Gasteiger partial charge in [-0.15, -0.1) is 0 Å². The molecule has 0 saturated carbocycles. The molecule has 0 radical (unpaired) electrons. The summed E-state index contributed by atoms with van der Waals surface area (Å²) in [6, 6.07) is 12.6. The molecule has 0 fully saturated rings. The molecule has 0 spiro atoms. The van der Waals surface area contributed by atoms with Crippen LogP contribution in [0, 0.1) is 6.92 Å². The number of phenolic OH excluding ortho intramolecular Hbond substituents is 2. The monoisotopic (exact) mass is 388 g/mol. The third-order valence-electron chi connectivity index (χ3n) is 2.76. The van der Waals surface area contributed by atoms with E-state index in [1.165, 1.54) is 24.0 Å². The zero-order valence-electron chi connectivity index (χ0n) is 19.7. The van der Waals surface area contributed by atoms with Gasteiger partial charge in [0.1, 0.15) is 11.5 Å². The van der Waals surface area contributed by atoms with Crippen LogP contribution < -0.4 is 0 Å². The fourth-order valence-corrected chi connectivity index (χ4v) is 1.87. The van der Waals surface area contributed by atoms with E-state index in [0.717, 1.165) is 12.0 Å². The van der Waals surface area contributed by atoms with Crippen LogP contribution in [-0.2, 0) is 6.42 Å². The topological polar surface area (TPSA) is 40.5 Å². The van der Waals surface area contributed by atoms with Crippen LogP contribution in [0.4, 0.5) is 0 Å². The fourth-order valence-electron chi connectivity index (χ4n) is 1.87. The summed E-state index contributed by atoms with van der Waals surface area (Å²) in [6.45, 7) is 18.4. The van der Waals surface area contributed by atoms with E-state index in [4.69, 9.17) is 10.2 Å². The molecule has 2 N–H and O–H groups in total. The Morgan fingerprint density at radius 1 is 0.750 bits per heavy atom. The number of phenols is 2. The van der Waals surface area contributed by atoms with Crippen molar-refractivity contribution in [1.82, 2.24) is 0 Å². The first kappa shape index (κ1) is 30.5. The van der Waals surface area contributed by atoms with Crippen molar-refractivity contribution in [3.8, 4) is 11.5 Å². The molecule has 2 heteroatoms. The van der Waals surface area contributed by atoms with Gasteiger partial charge >= 0.3 is 0 Å². The Kier molecular flexibility index (Phi) is 24.9. The molecule has 1 aliphatic carbocycles. The summed E-state index contributed by atoms with van der Waals surface area (Å²) in [5.74, 6) is 0.701. The molecule has 3 rings (SSSR count). The maximum atomic E-state index is 9.07. The predicted octanol–water partition coefficient (Wildman–Crippen LogP) is 8.55. The van der Waals surface area contributed by atoms with Gasteiger partial charge in [-0.1, -0.05) is 98.6 Å². The zero-order chi connectivity index (χ0) is 22.4. The standard InChI is InChI=1S/C9H8O.C7H8O.2C3H8.2C2H6/c10-9-5-4-7-2-1-3-8(7)6-9;1-6-3-2-4-7(8)5-6;2*1-3-2;2*1-2/h1-2,4-6,10H,3H2;2-5,8H,1H3;2*3H2,1-2H3;2*1-2H3. The Balaban J connectivity index is -0.000000312. The fraction of sp³-hybridized carbons (Fsp3) is 0.462. The van der Waals surface area contributed by atoms with E-state index < -0.39 is 0 Å². The van der Waals surface area contributed by atoms with Crippen LogP contribution in [0.3, 0.4) is 0 Å². The lowest BCUT2D eigenvalue weighted by molar-refractivity contribution is 0.474. The maximum absolute atomic E-state index is 9.07. The van der Waals surface area contributed by atoms with Crippen molar-refractivity contribution in [2.24, 2.45) is 0 Å². The van der Waals surface area contributed by atoms with Gasteiger partial charge in [-0.25, -0.2) is 0 Å². The lowest BCUT2D eigenvalue weighted by Gasteiger charge is -1.97. The summed E-state index contributed by atoms with van der Waals surface area (Å²) >= 11 is 0. The summed E-state index contributed by atoms with van der Waals surface area (Å²) in [7, 11) is 0. The molecule has 0 heterocycles. The Hall–Kier alpha value is -2.22. The van der Waals surface area contributed by atoms with Gasteiger partial charge in [0.25, 0.3) is 0 Å². The molecule has 0 aliphatic heterocycles. The molecule has 28 heavy (non-hydrogen) atoms. The van der Waals surface area contributed by atoms with Crippen LogP contribution in [-0.4, -0.2) is 10.2 Å². The number of hydrogen-bond donors (Lipinski definition) is 2. The molecular formula is C26H44O2. The Morgan fingerprint density at radius 3 is 1.68 bits per heavy atom. The number of rotatable bonds is 0. The van der Waals surface area contributed by atoms with Crippen molar-refractivity contribution in [2.75, 3.05) is 0 Å². The first-order valence-electron chi connectivity index (χ1n) is 10.7. The average molecular weight is 389 g/mol. The van der Waals surface area contributed by atoms with E-state index in [2.05, 4.69) is 39.8 Å². The SMILES string of the molecule is CC.CC.CCC.CCC.Cc1cccc(O)c1.Oc1ccc2c(c1)CC=C2. The third kappa shape index (κ3) is 17.2. The molecule has 160 valence electrons. The van der Waals surface area contributed by atoms with Gasteiger partial charge < -0.3 is 10.2 Å². The minimum absolute atomic E-state index is 0.338. The summed E-state index contributed by atoms with van der Waals surface area (Å²) < 4.78 is 0. The molecule has 0 atom stereocenters. The van der Waals surface area contributed by atoms with Crippen LogP contribution in [0.1, 0.15) is 84.9 Å². The second-order valence-electron chi connectivity index (χ2n) is 5.74.